The van der Waals surface area contributed by atoms with Crippen LogP contribution < -0.4 is 10.1 Å². The molecule has 0 atom stereocenters. The molecular weight excluding hydrogens is 328 g/mol. The lowest BCUT2D eigenvalue weighted by Crippen LogP contribution is -2.00. The largest absolute Gasteiger partial charge is 0.497 e. The van der Waals surface area contributed by atoms with Gasteiger partial charge in [0.2, 0.25) is 0 Å². The number of anilines is 1. The Kier molecular flexibility index (Phi) is 4.06. The van der Waals surface area contributed by atoms with Crippen LogP contribution in [0.15, 0.2) is 59.2 Å². The Morgan fingerprint density at radius 2 is 2.00 bits per heavy atom. The SMILES string of the molecule is COc1cccc(CNc2cccc3cc(Br)cnc23)c1. The lowest BCUT2D eigenvalue weighted by molar-refractivity contribution is 0.414. The van der Waals surface area contributed by atoms with E-state index < -0.39 is 0 Å². The third kappa shape index (κ3) is 3.16. The van der Waals surface area contributed by atoms with Crippen LogP contribution in [0.4, 0.5) is 5.69 Å². The fourth-order valence-corrected chi connectivity index (χ4v) is 2.61. The van der Waals surface area contributed by atoms with Crippen molar-refractivity contribution >= 4 is 32.5 Å². The van der Waals surface area contributed by atoms with Gasteiger partial charge in [-0.2, -0.15) is 0 Å². The van der Waals surface area contributed by atoms with E-state index in [2.05, 4.69) is 44.4 Å². The maximum absolute atomic E-state index is 5.24. The maximum atomic E-state index is 5.24. The van der Waals surface area contributed by atoms with E-state index in [1.54, 1.807) is 7.11 Å². The van der Waals surface area contributed by atoms with Crippen LogP contribution in [-0.2, 0) is 6.54 Å². The van der Waals surface area contributed by atoms with Crippen LogP contribution in [0, 0.1) is 0 Å². The van der Waals surface area contributed by atoms with E-state index >= 15 is 0 Å². The van der Waals surface area contributed by atoms with Crippen molar-refractivity contribution in [1.29, 1.82) is 0 Å². The first-order valence-electron chi connectivity index (χ1n) is 6.67. The number of aromatic nitrogens is 1. The lowest BCUT2D eigenvalue weighted by atomic mass is 10.1. The number of hydrogen-bond acceptors (Lipinski definition) is 3. The second-order valence-electron chi connectivity index (χ2n) is 4.74. The van der Waals surface area contributed by atoms with E-state index in [1.807, 2.05) is 36.5 Å². The fourth-order valence-electron chi connectivity index (χ4n) is 2.26. The Morgan fingerprint density at radius 3 is 2.86 bits per heavy atom. The molecule has 0 spiro atoms. The van der Waals surface area contributed by atoms with Gasteiger partial charge in [-0.15, -0.1) is 0 Å². The van der Waals surface area contributed by atoms with Crippen LogP contribution in [-0.4, -0.2) is 12.1 Å². The second-order valence-corrected chi connectivity index (χ2v) is 5.65. The second kappa shape index (κ2) is 6.14. The molecule has 0 aliphatic carbocycles. The molecule has 0 fully saturated rings. The Labute approximate surface area is 132 Å². The number of methoxy groups -OCH3 is 1. The number of fused-ring (bicyclic) bond motifs is 1. The summed E-state index contributed by atoms with van der Waals surface area (Å²) in [6, 6.07) is 16.2. The van der Waals surface area contributed by atoms with Crippen molar-refractivity contribution in [3.05, 3.63) is 64.8 Å². The molecule has 3 nitrogen and oxygen atoms in total. The number of nitrogens with one attached hydrogen (secondary N) is 1. The van der Waals surface area contributed by atoms with E-state index in [0.717, 1.165) is 33.4 Å². The summed E-state index contributed by atoms with van der Waals surface area (Å²) in [5.41, 5.74) is 3.18. The van der Waals surface area contributed by atoms with Crippen LogP contribution in [0.2, 0.25) is 0 Å². The molecular formula is C17H15BrN2O. The van der Waals surface area contributed by atoms with Crippen LogP contribution in [0.3, 0.4) is 0 Å². The summed E-state index contributed by atoms with van der Waals surface area (Å²) in [5, 5.41) is 4.55. The standard InChI is InChI=1S/C17H15BrN2O/c1-21-15-6-2-4-12(8-15)10-19-16-7-3-5-13-9-14(18)11-20-17(13)16/h2-9,11,19H,10H2,1H3. The number of rotatable bonds is 4. The van der Waals surface area contributed by atoms with Crippen LogP contribution >= 0.6 is 15.9 Å². The van der Waals surface area contributed by atoms with Crippen LogP contribution in [0.1, 0.15) is 5.56 Å². The number of halogens is 1. The summed E-state index contributed by atoms with van der Waals surface area (Å²) >= 11 is 3.45. The van der Waals surface area contributed by atoms with Crippen molar-refractivity contribution in [2.24, 2.45) is 0 Å². The summed E-state index contributed by atoms with van der Waals surface area (Å²) < 4.78 is 6.23. The third-order valence-electron chi connectivity index (χ3n) is 3.29. The molecule has 0 saturated carbocycles. The predicted molar refractivity (Wildman–Crippen MR) is 89.8 cm³/mol. The van der Waals surface area contributed by atoms with Gasteiger partial charge in [0.25, 0.3) is 0 Å². The Morgan fingerprint density at radius 1 is 1.14 bits per heavy atom. The summed E-state index contributed by atoms with van der Waals surface area (Å²) in [6.45, 7) is 0.730. The van der Waals surface area contributed by atoms with Gasteiger partial charge in [-0.25, -0.2) is 0 Å². The molecule has 3 aromatic rings. The normalized spacial score (nSPS) is 10.6. The van der Waals surface area contributed by atoms with E-state index in [-0.39, 0.29) is 0 Å². The minimum Gasteiger partial charge on any atom is -0.497 e. The van der Waals surface area contributed by atoms with Gasteiger partial charge in [0.05, 0.1) is 18.3 Å². The molecule has 21 heavy (non-hydrogen) atoms. The minimum atomic E-state index is 0.730. The molecule has 0 amide bonds. The molecule has 106 valence electrons. The predicted octanol–water partition coefficient (Wildman–Crippen LogP) is 4.62. The average molecular weight is 343 g/mol. The average Bonchev–Trinajstić information content (AvgIpc) is 2.52. The quantitative estimate of drug-likeness (QED) is 0.751. The zero-order valence-electron chi connectivity index (χ0n) is 11.6. The zero-order valence-corrected chi connectivity index (χ0v) is 13.2. The van der Waals surface area contributed by atoms with Gasteiger partial charge in [0.1, 0.15) is 5.75 Å². The molecule has 0 aliphatic rings. The topological polar surface area (TPSA) is 34.1 Å². The highest BCUT2D eigenvalue weighted by Crippen LogP contribution is 2.24. The molecule has 0 bridgehead atoms. The van der Waals surface area contributed by atoms with Gasteiger partial charge in [-0.05, 0) is 45.8 Å². The van der Waals surface area contributed by atoms with E-state index in [9.17, 15) is 0 Å². The molecule has 1 aromatic heterocycles. The minimum absolute atomic E-state index is 0.730. The molecule has 0 unspecified atom stereocenters. The maximum Gasteiger partial charge on any atom is 0.119 e. The summed E-state index contributed by atoms with van der Waals surface area (Å²) in [5.74, 6) is 0.870. The highest BCUT2D eigenvalue weighted by Gasteiger charge is 2.03. The van der Waals surface area contributed by atoms with E-state index in [1.165, 1.54) is 5.56 Å². The summed E-state index contributed by atoms with van der Waals surface area (Å²) in [7, 11) is 1.68. The van der Waals surface area contributed by atoms with Gasteiger partial charge in [0, 0.05) is 22.6 Å². The van der Waals surface area contributed by atoms with Gasteiger partial charge in [-0.1, -0.05) is 24.3 Å². The van der Waals surface area contributed by atoms with Crippen molar-refractivity contribution in [2.75, 3.05) is 12.4 Å². The molecule has 4 heteroatoms. The zero-order chi connectivity index (χ0) is 14.7. The molecule has 2 aromatic carbocycles. The third-order valence-corrected chi connectivity index (χ3v) is 3.73. The Balaban J connectivity index is 1.84. The lowest BCUT2D eigenvalue weighted by Gasteiger charge is -2.10. The van der Waals surface area contributed by atoms with Crippen molar-refractivity contribution < 1.29 is 4.74 Å². The number of benzene rings is 2. The molecule has 0 aliphatic heterocycles. The van der Waals surface area contributed by atoms with Crippen molar-refractivity contribution in [3.63, 3.8) is 0 Å². The van der Waals surface area contributed by atoms with E-state index in [0.29, 0.717) is 0 Å². The summed E-state index contributed by atoms with van der Waals surface area (Å²) in [6.07, 6.45) is 1.82. The molecule has 0 radical (unpaired) electrons. The Bertz CT molecular complexity index is 774. The highest BCUT2D eigenvalue weighted by molar-refractivity contribution is 9.10. The van der Waals surface area contributed by atoms with Crippen molar-refractivity contribution in [2.45, 2.75) is 6.54 Å². The first-order chi connectivity index (χ1) is 10.3. The first kappa shape index (κ1) is 13.9. The van der Waals surface area contributed by atoms with Crippen molar-refractivity contribution in [3.8, 4) is 5.75 Å². The number of nitrogens with zero attached hydrogens (tertiary/aromatic N) is 1. The number of ether oxygens (including phenoxy) is 1. The Hall–Kier alpha value is -2.07. The van der Waals surface area contributed by atoms with Gasteiger partial charge in [-0.3, -0.25) is 4.98 Å². The van der Waals surface area contributed by atoms with Gasteiger partial charge in [0.15, 0.2) is 0 Å². The number of hydrogen-bond donors (Lipinski definition) is 1. The first-order valence-corrected chi connectivity index (χ1v) is 7.46. The smallest absolute Gasteiger partial charge is 0.119 e. The number of pyridine rings is 1. The van der Waals surface area contributed by atoms with Gasteiger partial charge < -0.3 is 10.1 Å². The van der Waals surface area contributed by atoms with Crippen LogP contribution in [0.5, 0.6) is 5.75 Å². The van der Waals surface area contributed by atoms with Crippen LogP contribution in [0.25, 0.3) is 10.9 Å². The number of para-hydroxylation sites is 1. The highest BCUT2D eigenvalue weighted by atomic mass is 79.9. The fraction of sp³-hybridized carbons (Fsp3) is 0.118. The van der Waals surface area contributed by atoms with E-state index in [4.69, 9.17) is 4.74 Å². The van der Waals surface area contributed by atoms with Crippen molar-refractivity contribution in [1.82, 2.24) is 4.98 Å². The summed E-state index contributed by atoms with van der Waals surface area (Å²) in [4.78, 5) is 4.49. The monoisotopic (exact) mass is 342 g/mol. The molecule has 3 rings (SSSR count). The van der Waals surface area contributed by atoms with Gasteiger partial charge >= 0.3 is 0 Å². The molecule has 1 heterocycles. The molecule has 1 N–H and O–H groups in total. The molecule has 0 saturated heterocycles.